The lowest BCUT2D eigenvalue weighted by atomic mass is 9.98. The van der Waals surface area contributed by atoms with Crippen LogP contribution in [0.15, 0.2) is 6.07 Å². The Bertz CT molecular complexity index is 570. The van der Waals surface area contributed by atoms with E-state index in [0.29, 0.717) is 17.7 Å². The van der Waals surface area contributed by atoms with E-state index in [1.54, 1.807) is 6.07 Å². The van der Waals surface area contributed by atoms with Crippen molar-refractivity contribution < 1.29 is 28.8 Å². The van der Waals surface area contributed by atoms with Crippen LogP contribution in [-0.4, -0.2) is 38.7 Å². The van der Waals surface area contributed by atoms with Gasteiger partial charge in [-0.3, -0.25) is 4.79 Å². The molecule has 0 radical (unpaired) electrons. The number of unbranched alkanes of at least 4 members (excludes halogenated alkanes) is 6. The number of phenols is 1. The molecule has 0 amide bonds. The largest absolute Gasteiger partial charge is 0.507 e. The highest BCUT2D eigenvalue weighted by Gasteiger charge is 2.22. The summed E-state index contributed by atoms with van der Waals surface area (Å²) in [5.41, 5.74) is 0.783. The number of phenolic OH excluding ortho intramolecular Hbond substituents is 1. The van der Waals surface area contributed by atoms with E-state index in [-0.39, 0.29) is 36.4 Å². The Morgan fingerprint density at radius 1 is 0.926 bits per heavy atom. The fourth-order valence-corrected chi connectivity index (χ4v) is 2.99. The standard InChI is InChI=1S/C21H34O6/c1-5-6-7-8-9-10-11-12-17-18(26-14-24-3)13-19(27-15-25-4)20(16(2)22)21(17)23/h13,23H,5-12,14-15H2,1-4H3. The predicted molar refractivity (Wildman–Crippen MR) is 105 cm³/mol. The molecule has 154 valence electrons. The second-order valence-electron chi connectivity index (χ2n) is 6.60. The number of carbonyl (C=O) groups excluding carboxylic acids is 1. The van der Waals surface area contributed by atoms with Gasteiger partial charge in [0.25, 0.3) is 0 Å². The lowest BCUT2D eigenvalue weighted by Gasteiger charge is -2.18. The average molecular weight is 382 g/mol. The molecule has 0 saturated heterocycles. The molecule has 1 aromatic carbocycles. The van der Waals surface area contributed by atoms with E-state index in [0.717, 1.165) is 12.8 Å². The van der Waals surface area contributed by atoms with Gasteiger partial charge in [0, 0.05) is 25.8 Å². The summed E-state index contributed by atoms with van der Waals surface area (Å²) in [6.07, 6.45) is 8.80. The van der Waals surface area contributed by atoms with Gasteiger partial charge in [0.15, 0.2) is 19.4 Å². The van der Waals surface area contributed by atoms with Crippen LogP contribution in [0.2, 0.25) is 0 Å². The van der Waals surface area contributed by atoms with Gasteiger partial charge in [-0.05, 0) is 19.8 Å². The zero-order chi connectivity index (χ0) is 20.1. The highest BCUT2D eigenvalue weighted by Crippen LogP contribution is 2.40. The first-order valence-corrected chi connectivity index (χ1v) is 9.70. The second-order valence-corrected chi connectivity index (χ2v) is 6.60. The van der Waals surface area contributed by atoms with Crippen LogP contribution in [0.1, 0.15) is 74.7 Å². The van der Waals surface area contributed by atoms with Crippen molar-refractivity contribution in [3.05, 3.63) is 17.2 Å². The third-order valence-electron chi connectivity index (χ3n) is 4.38. The van der Waals surface area contributed by atoms with Gasteiger partial charge in [-0.2, -0.15) is 0 Å². The Hall–Kier alpha value is -1.79. The SMILES string of the molecule is CCCCCCCCCc1c(OCOC)cc(OCOC)c(C(C)=O)c1O. The molecule has 0 unspecified atom stereocenters. The van der Waals surface area contributed by atoms with E-state index >= 15 is 0 Å². The smallest absolute Gasteiger partial charge is 0.188 e. The molecule has 1 rings (SSSR count). The molecule has 0 aliphatic carbocycles. The minimum Gasteiger partial charge on any atom is -0.507 e. The maximum Gasteiger partial charge on any atom is 0.188 e. The van der Waals surface area contributed by atoms with Crippen LogP contribution < -0.4 is 9.47 Å². The zero-order valence-electron chi connectivity index (χ0n) is 17.1. The maximum atomic E-state index is 12.1. The van der Waals surface area contributed by atoms with Crippen LogP contribution in [0, 0.1) is 0 Å². The Labute approximate surface area is 162 Å². The molecule has 0 fully saturated rings. The van der Waals surface area contributed by atoms with Gasteiger partial charge in [-0.25, -0.2) is 0 Å². The van der Waals surface area contributed by atoms with Gasteiger partial charge in [-0.15, -0.1) is 0 Å². The number of hydrogen-bond donors (Lipinski definition) is 1. The van der Waals surface area contributed by atoms with E-state index in [9.17, 15) is 9.90 Å². The van der Waals surface area contributed by atoms with E-state index in [2.05, 4.69) is 6.92 Å². The number of Topliss-reactive ketones (excluding diaryl/α,β-unsaturated/α-hetero) is 1. The second kappa shape index (κ2) is 13.4. The molecule has 0 atom stereocenters. The molecule has 0 spiro atoms. The first kappa shape index (κ1) is 23.2. The molecule has 6 nitrogen and oxygen atoms in total. The summed E-state index contributed by atoms with van der Waals surface area (Å²) in [6.45, 7) is 3.63. The summed E-state index contributed by atoms with van der Waals surface area (Å²) in [5, 5.41) is 10.7. The highest BCUT2D eigenvalue weighted by atomic mass is 16.7. The summed E-state index contributed by atoms with van der Waals surface area (Å²) >= 11 is 0. The zero-order valence-corrected chi connectivity index (χ0v) is 17.1. The molecule has 1 N–H and O–H groups in total. The predicted octanol–water partition coefficient (Wildman–Crippen LogP) is 4.85. The van der Waals surface area contributed by atoms with Gasteiger partial charge in [-0.1, -0.05) is 45.4 Å². The molecule has 0 heterocycles. The molecular formula is C21H34O6. The van der Waals surface area contributed by atoms with Crippen molar-refractivity contribution >= 4 is 5.78 Å². The van der Waals surface area contributed by atoms with Gasteiger partial charge < -0.3 is 24.1 Å². The first-order valence-electron chi connectivity index (χ1n) is 9.70. The summed E-state index contributed by atoms with van der Waals surface area (Å²) in [7, 11) is 3.02. The molecule has 0 saturated carbocycles. The molecule has 0 bridgehead atoms. The lowest BCUT2D eigenvalue weighted by molar-refractivity contribution is 0.0447. The summed E-state index contributed by atoms with van der Waals surface area (Å²) in [6, 6.07) is 1.63. The molecule has 6 heteroatoms. The van der Waals surface area contributed by atoms with Crippen LogP contribution in [0.5, 0.6) is 17.2 Å². The van der Waals surface area contributed by atoms with Crippen molar-refractivity contribution in [2.45, 2.75) is 65.2 Å². The van der Waals surface area contributed by atoms with Crippen molar-refractivity contribution in [1.82, 2.24) is 0 Å². The van der Waals surface area contributed by atoms with Crippen molar-refractivity contribution in [3.63, 3.8) is 0 Å². The third-order valence-corrected chi connectivity index (χ3v) is 4.38. The quantitative estimate of drug-likeness (QED) is 0.265. The van der Waals surface area contributed by atoms with Crippen LogP contribution in [-0.2, 0) is 15.9 Å². The van der Waals surface area contributed by atoms with Crippen molar-refractivity contribution in [2.75, 3.05) is 27.8 Å². The third kappa shape index (κ3) is 7.77. The van der Waals surface area contributed by atoms with Crippen LogP contribution in [0.25, 0.3) is 0 Å². The lowest BCUT2D eigenvalue weighted by Crippen LogP contribution is -2.09. The Kier molecular flexibility index (Phi) is 11.5. The fourth-order valence-electron chi connectivity index (χ4n) is 2.99. The van der Waals surface area contributed by atoms with Crippen LogP contribution in [0.4, 0.5) is 0 Å². The van der Waals surface area contributed by atoms with Gasteiger partial charge in [0.1, 0.15) is 22.8 Å². The number of aromatic hydroxyl groups is 1. The van der Waals surface area contributed by atoms with E-state index in [1.807, 2.05) is 0 Å². The minimum absolute atomic E-state index is 0.0272. The Balaban J connectivity index is 2.94. The number of carbonyl (C=O) groups is 1. The Morgan fingerprint density at radius 3 is 2.04 bits per heavy atom. The number of ketones is 1. The topological polar surface area (TPSA) is 74.2 Å². The highest BCUT2D eigenvalue weighted by molar-refractivity contribution is 6.00. The number of benzene rings is 1. The number of rotatable bonds is 15. The van der Waals surface area contributed by atoms with E-state index in [1.165, 1.54) is 53.2 Å². The number of ether oxygens (including phenoxy) is 4. The van der Waals surface area contributed by atoms with Crippen LogP contribution >= 0.6 is 0 Å². The fraction of sp³-hybridized carbons (Fsp3) is 0.667. The molecule has 27 heavy (non-hydrogen) atoms. The summed E-state index contributed by atoms with van der Waals surface area (Å²) < 4.78 is 21.0. The van der Waals surface area contributed by atoms with E-state index < -0.39 is 0 Å². The number of hydrogen-bond acceptors (Lipinski definition) is 6. The van der Waals surface area contributed by atoms with Gasteiger partial charge >= 0.3 is 0 Å². The Morgan fingerprint density at radius 2 is 1.48 bits per heavy atom. The minimum atomic E-state index is -0.266. The van der Waals surface area contributed by atoms with Crippen molar-refractivity contribution in [2.24, 2.45) is 0 Å². The van der Waals surface area contributed by atoms with E-state index in [4.69, 9.17) is 18.9 Å². The summed E-state index contributed by atoms with van der Waals surface area (Å²) in [4.78, 5) is 12.1. The molecule has 0 aromatic heterocycles. The number of methoxy groups -OCH3 is 2. The van der Waals surface area contributed by atoms with Gasteiger partial charge in [0.05, 0.1) is 0 Å². The molecule has 1 aromatic rings. The molecule has 0 aliphatic heterocycles. The van der Waals surface area contributed by atoms with Gasteiger partial charge in [0.2, 0.25) is 0 Å². The first-order chi connectivity index (χ1) is 13.1. The summed E-state index contributed by atoms with van der Waals surface area (Å²) in [5.74, 6) is 0.374. The monoisotopic (exact) mass is 382 g/mol. The molecule has 0 aliphatic rings. The molecular weight excluding hydrogens is 348 g/mol. The normalized spacial score (nSPS) is 10.8. The van der Waals surface area contributed by atoms with Crippen molar-refractivity contribution in [3.8, 4) is 17.2 Å². The average Bonchev–Trinajstić information content (AvgIpc) is 2.64. The van der Waals surface area contributed by atoms with Crippen LogP contribution in [0.3, 0.4) is 0 Å². The maximum absolute atomic E-state index is 12.1. The van der Waals surface area contributed by atoms with Crippen molar-refractivity contribution in [1.29, 1.82) is 0 Å².